The average Bonchev–Trinajstić information content (AvgIpc) is 3.37. The number of benzene rings is 1. The lowest BCUT2D eigenvalue weighted by molar-refractivity contribution is -0.126. The van der Waals surface area contributed by atoms with E-state index in [1.165, 1.54) is 37.7 Å². The van der Waals surface area contributed by atoms with Crippen LogP contribution in [0.5, 0.6) is 0 Å². The number of aromatic nitrogens is 2. The number of aryl methyl sites for hydroxylation is 1. The largest absolute Gasteiger partial charge is 0.493 e. The quantitative estimate of drug-likeness (QED) is 0.664. The van der Waals surface area contributed by atoms with E-state index in [1.54, 1.807) is 0 Å². The van der Waals surface area contributed by atoms with Crippen LogP contribution in [-0.4, -0.2) is 33.7 Å². The first-order valence-electron chi connectivity index (χ1n) is 11.6. The van der Waals surface area contributed by atoms with Gasteiger partial charge in [-0.05, 0) is 54.4 Å². The molecule has 5 rings (SSSR count). The van der Waals surface area contributed by atoms with Crippen molar-refractivity contribution in [3.8, 4) is 11.1 Å². The van der Waals surface area contributed by atoms with Gasteiger partial charge in [-0.15, -0.1) is 0 Å². The highest BCUT2D eigenvalue weighted by Crippen LogP contribution is 2.35. The third-order valence-corrected chi connectivity index (χ3v) is 6.82. The highest BCUT2D eigenvalue weighted by Gasteiger charge is 2.35. The van der Waals surface area contributed by atoms with Gasteiger partial charge in [0.05, 0.1) is 18.4 Å². The Morgan fingerprint density at radius 2 is 1.90 bits per heavy atom. The molecule has 31 heavy (non-hydrogen) atoms. The number of hydrogen-bond acceptors (Lipinski definition) is 3. The minimum atomic E-state index is 0.126. The van der Waals surface area contributed by atoms with Crippen LogP contribution < -0.4 is 0 Å². The van der Waals surface area contributed by atoms with E-state index in [4.69, 9.17) is 4.74 Å². The zero-order valence-corrected chi connectivity index (χ0v) is 18.3. The van der Waals surface area contributed by atoms with E-state index >= 15 is 0 Å². The molecule has 5 nitrogen and oxygen atoms in total. The summed E-state index contributed by atoms with van der Waals surface area (Å²) in [6.07, 6.45) is 14.4. The van der Waals surface area contributed by atoms with Crippen molar-refractivity contribution in [3.63, 3.8) is 0 Å². The van der Waals surface area contributed by atoms with Gasteiger partial charge in [-0.1, -0.05) is 43.5 Å². The molecule has 0 unspecified atom stereocenters. The van der Waals surface area contributed by atoms with Gasteiger partial charge in [-0.25, -0.2) is 0 Å². The SMILES string of the molecule is Cn1cc(-c2ccc(CN3CC4=C(C3=O)C(OCC3CCCCC3)=CCC4)cc2)cn1. The predicted octanol–water partition coefficient (Wildman–Crippen LogP) is 5.00. The summed E-state index contributed by atoms with van der Waals surface area (Å²) in [4.78, 5) is 15.2. The Balaban J connectivity index is 1.22. The molecular formula is C26H31N3O2. The molecule has 2 aromatic rings. The fraction of sp³-hybridized carbons (Fsp3) is 0.462. The van der Waals surface area contributed by atoms with Crippen molar-refractivity contribution in [1.82, 2.24) is 14.7 Å². The van der Waals surface area contributed by atoms with Crippen LogP contribution in [0.2, 0.25) is 0 Å². The molecule has 1 aliphatic heterocycles. The van der Waals surface area contributed by atoms with Crippen molar-refractivity contribution < 1.29 is 9.53 Å². The molecule has 1 amide bonds. The molecule has 0 radical (unpaired) electrons. The molecule has 0 bridgehead atoms. The Bertz CT molecular complexity index is 1010. The summed E-state index contributed by atoms with van der Waals surface area (Å²) < 4.78 is 8.03. The van der Waals surface area contributed by atoms with Gasteiger partial charge in [0.15, 0.2) is 0 Å². The molecule has 0 saturated heterocycles. The van der Waals surface area contributed by atoms with Crippen LogP contribution in [0, 0.1) is 5.92 Å². The number of ether oxygens (including phenoxy) is 1. The third kappa shape index (κ3) is 4.32. The molecule has 2 aliphatic carbocycles. The summed E-state index contributed by atoms with van der Waals surface area (Å²) >= 11 is 0. The van der Waals surface area contributed by atoms with E-state index in [0.717, 1.165) is 54.0 Å². The van der Waals surface area contributed by atoms with Crippen molar-refractivity contribution in [2.24, 2.45) is 13.0 Å². The summed E-state index contributed by atoms with van der Waals surface area (Å²) in [6.45, 7) is 2.11. The number of amides is 1. The second-order valence-corrected chi connectivity index (χ2v) is 9.16. The fourth-order valence-corrected chi connectivity index (χ4v) is 5.07. The Morgan fingerprint density at radius 1 is 1.10 bits per heavy atom. The van der Waals surface area contributed by atoms with Gasteiger partial charge in [0, 0.05) is 31.9 Å². The van der Waals surface area contributed by atoms with Crippen molar-refractivity contribution in [2.75, 3.05) is 13.2 Å². The zero-order valence-electron chi connectivity index (χ0n) is 18.3. The fourth-order valence-electron chi connectivity index (χ4n) is 5.07. The molecule has 2 heterocycles. The number of nitrogens with zero attached hydrogens (tertiary/aromatic N) is 3. The molecular weight excluding hydrogens is 386 g/mol. The summed E-state index contributed by atoms with van der Waals surface area (Å²) in [5, 5.41) is 4.24. The monoisotopic (exact) mass is 417 g/mol. The predicted molar refractivity (Wildman–Crippen MR) is 121 cm³/mol. The second kappa shape index (κ2) is 8.74. The number of hydrogen-bond donors (Lipinski definition) is 0. The van der Waals surface area contributed by atoms with Crippen molar-refractivity contribution in [1.29, 1.82) is 0 Å². The maximum atomic E-state index is 13.2. The third-order valence-electron chi connectivity index (χ3n) is 6.82. The molecule has 5 heteroatoms. The van der Waals surface area contributed by atoms with E-state index in [0.29, 0.717) is 12.5 Å². The van der Waals surface area contributed by atoms with Crippen LogP contribution in [0.4, 0.5) is 0 Å². The second-order valence-electron chi connectivity index (χ2n) is 9.16. The van der Waals surface area contributed by atoms with E-state index in [1.807, 2.05) is 29.0 Å². The molecule has 1 fully saturated rings. The highest BCUT2D eigenvalue weighted by molar-refractivity contribution is 6.01. The number of rotatable bonds is 6. The summed E-state index contributed by atoms with van der Waals surface area (Å²) in [5.74, 6) is 1.61. The van der Waals surface area contributed by atoms with Crippen LogP contribution >= 0.6 is 0 Å². The summed E-state index contributed by atoms with van der Waals surface area (Å²) in [6, 6.07) is 8.45. The first-order chi connectivity index (χ1) is 15.2. The average molecular weight is 418 g/mol. The van der Waals surface area contributed by atoms with Crippen molar-refractivity contribution >= 4 is 5.91 Å². The van der Waals surface area contributed by atoms with Crippen LogP contribution in [0.15, 0.2) is 59.6 Å². The van der Waals surface area contributed by atoms with Crippen LogP contribution in [0.25, 0.3) is 11.1 Å². The van der Waals surface area contributed by atoms with E-state index in [-0.39, 0.29) is 5.91 Å². The van der Waals surface area contributed by atoms with Gasteiger partial charge >= 0.3 is 0 Å². The molecule has 1 aromatic carbocycles. The topological polar surface area (TPSA) is 47.4 Å². The molecule has 3 aliphatic rings. The van der Waals surface area contributed by atoms with Crippen molar-refractivity contribution in [3.05, 3.63) is 65.2 Å². The lowest BCUT2D eigenvalue weighted by atomic mass is 9.90. The molecule has 0 atom stereocenters. The highest BCUT2D eigenvalue weighted by atomic mass is 16.5. The van der Waals surface area contributed by atoms with E-state index in [2.05, 4.69) is 35.4 Å². The Hall–Kier alpha value is -2.82. The first kappa shape index (κ1) is 20.1. The first-order valence-corrected chi connectivity index (χ1v) is 11.6. The molecule has 162 valence electrons. The van der Waals surface area contributed by atoms with E-state index in [9.17, 15) is 4.79 Å². The zero-order chi connectivity index (χ0) is 21.2. The Kier molecular flexibility index (Phi) is 5.66. The van der Waals surface area contributed by atoms with E-state index < -0.39 is 0 Å². The number of carbonyl (C=O) groups excluding carboxylic acids is 1. The minimum absolute atomic E-state index is 0.126. The Morgan fingerprint density at radius 3 is 2.65 bits per heavy atom. The van der Waals surface area contributed by atoms with Gasteiger partial charge < -0.3 is 9.64 Å². The van der Waals surface area contributed by atoms with Gasteiger partial charge in [-0.3, -0.25) is 9.48 Å². The normalized spacial score (nSPS) is 19.6. The number of carbonyl (C=O) groups is 1. The minimum Gasteiger partial charge on any atom is -0.493 e. The summed E-state index contributed by atoms with van der Waals surface area (Å²) in [7, 11) is 1.92. The summed E-state index contributed by atoms with van der Waals surface area (Å²) in [5.41, 5.74) is 5.48. The maximum absolute atomic E-state index is 13.2. The smallest absolute Gasteiger partial charge is 0.258 e. The van der Waals surface area contributed by atoms with Crippen molar-refractivity contribution in [2.45, 2.75) is 51.5 Å². The van der Waals surface area contributed by atoms with Crippen LogP contribution in [0.1, 0.15) is 50.5 Å². The maximum Gasteiger partial charge on any atom is 0.258 e. The molecule has 0 N–H and O–H groups in total. The lowest BCUT2D eigenvalue weighted by Crippen LogP contribution is -2.27. The number of allylic oxidation sites excluding steroid dienone is 1. The lowest BCUT2D eigenvalue weighted by Gasteiger charge is -2.24. The van der Waals surface area contributed by atoms with Gasteiger partial charge in [-0.2, -0.15) is 5.10 Å². The van der Waals surface area contributed by atoms with Crippen LogP contribution in [0.3, 0.4) is 0 Å². The standard InChI is InChI=1S/C26H31N3O2/c1-28-16-23(14-27-28)21-12-10-19(11-13-21)15-29-17-22-8-5-9-24(25(22)26(29)30)31-18-20-6-3-2-4-7-20/h9-14,16,20H,2-8,15,17-18H2,1H3. The molecule has 1 aromatic heterocycles. The van der Waals surface area contributed by atoms with Crippen LogP contribution in [-0.2, 0) is 23.1 Å². The molecule has 1 saturated carbocycles. The van der Waals surface area contributed by atoms with Gasteiger partial charge in [0.1, 0.15) is 5.76 Å². The van der Waals surface area contributed by atoms with Gasteiger partial charge in [0.2, 0.25) is 0 Å². The van der Waals surface area contributed by atoms with Gasteiger partial charge in [0.25, 0.3) is 5.91 Å². The Labute approximate surface area is 184 Å². The molecule has 0 spiro atoms.